The molecule has 8 nitrogen and oxygen atoms in total. The molecular weight excluding hydrogens is 427 g/mol. The summed E-state index contributed by atoms with van der Waals surface area (Å²) in [5, 5.41) is 15.7. The minimum atomic E-state index is -4.62. The normalized spacial score (nSPS) is 28.7. The Labute approximate surface area is 186 Å². The molecule has 1 heterocycles. The minimum absolute atomic E-state index is 0.00592. The fraction of sp³-hybridized carbons (Fsp3) is 0.667. The van der Waals surface area contributed by atoms with Gasteiger partial charge in [-0.1, -0.05) is 12.1 Å². The molecule has 32 heavy (non-hydrogen) atoms. The summed E-state index contributed by atoms with van der Waals surface area (Å²) in [6, 6.07) is 7.44. The number of rotatable bonds is 7. The maximum atomic E-state index is 12.4. The van der Waals surface area contributed by atoms with Gasteiger partial charge < -0.3 is 15.4 Å². The first kappa shape index (κ1) is 24.6. The lowest BCUT2D eigenvalue weighted by molar-refractivity contribution is -0.345. The predicted molar refractivity (Wildman–Crippen MR) is 113 cm³/mol. The van der Waals surface area contributed by atoms with Crippen molar-refractivity contribution in [2.45, 2.75) is 82.6 Å². The van der Waals surface area contributed by atoms with Crippen molar-refractivity contribution in [2.24, 2.45) is 0 Å². The topological polar surface area (TPSA) is 95.7 Å². The van der Waals surface area contributed by atoms with Gasteiger partial charge in [0.2, 0.25) is 0 Å². The van der Waals surface area contributed by atoms with Crippen LogP contribution in [0.15, 0.2) is 24.3 Å². The van der Waals surface area contributed by atoms with Gasteiger partial charge in [0.15, 0.2) is 0 Å². The second-order valence-corrected chi connectivity index (χ2v) is 8.34. The Morgan fingerprint density at radius 2 is 1.78 bits per heavy atom. The first-order valence-corrected chi connectivity index (χ1v) is 10.9. The van der Waals surface area contributed by atoms with Gasteiger partial charge in [-0.15, -0.1) is 13.2 Å². The summed E-state index contributed by atoms with van der Waals surface area (Å²) in [6.45, 7) is 2.70. The van der Waals surface area contributed by atoms with Gasteiger partial charge in [0.05, 0.1) is 19.4 Å². The molecule has 3 unspecified atom stereocenters. The second-order valence-electron chi connectivity index (χ2n) is 8.34. The Bertz CT molecular complexity index is 726. The number of alkyl halides is 3. The second kappa shape index (κ2) is 11.2. The fourth-order valence-corrected chi connectivity index (χ4v) is 4.11. The molecule has 0 aromatic heterocycles. The first-order valence-electron chi connectivity index (χ1n) is 10.9. The molecule has 0 spiro atoms. The van der Waals surface area contributed by atoms with Crippen LogP contribution in [-0.4, -0.2) is 50.1 Å². The van der Waals surface area contributed by atoms with Crippen molar-refractivity contribution in [3.8, 4) is 5.75 Å². The summed E-state index contributed by atoms with van der Waals surface area (Å²) < 4.78 is 46.2. The third-order valence-corrected chi connectivity index (χ3v) is 5.71. The molecule has 2 amide bonds. The van der Waals surface area contributed by atoms with Gasteiger partial charge in [-0.05, 0) is 56.7 Å². The summed E-state index contributed by atoms with van der Waals surface area (Å²) in [5.74, 6) is 0.805. The van der Waals surface area contributed by atoms with E-state index in [-0.39, 0.29) is 37.1 Å². The molecule has 1 aromatic carbocycles. The van der Waals surface area contributed by atoms with Crippen LogP contribution < -0.4 is 31.3 Å². The van der Waals surface area contributed by atoms with Crippen molar-refractivity contribution in [1.82, 2.24) is 26.6 Å². The van der Waals surface area contributed by atoms with Crippen molar-refractivity contribution >= 4 is 6.03 Å². The molecule has 2 fully saturated rings. The number of carbonyl (C=O) groups excluding carboxylic acids is 1. The zero-order valence-electron chi connectivity index (χ0n) is 18.3. The van der Waals surface area contributed by atoms with Gasteiger partial charge >= 0.3 is 12.4 Å². The van der Waals surface area contributed by atoms with Crippen LogP contribution in [0.3, 0.4) is 0 Å². The van der Waals surface area contributed by atoms with Crippen LogP contribution in [0.2, 0.25) is 0 Å². The van der Waals surface area contributed by atoms with E-state index in [9.17, 15) is 18.0 Å². The van der Waals surface area contributed by atoms with Crippen molar-refractivity contribution in [2.75, 3.05) is 7.11 Å². The summed E-state index contributed by atoms with van der Waals surface area (Å²) in [6.07, 6.45) is -3.64. The summed E-state index contributed by atoms with van der Waals surface area (Å²) in [4.78, 5) is 12.4. The van der Waals surface area contributed by atoms with Gasteiger partial charge in [0, 0.05) is 18.6 Å². The van der Waals surface area contributed by atoms with Crippen LogP contribution in [0, 0.1) is 0 Å². The largest absolute Gasteiger partial charge is 0.522 e. The highest BCUT2D eigenvalue weighted by atomic mass is 19.4. The minimum Gasteiger partial charge on any atom is -0.497 e. The number of urea groups is 1. The van der Waals surface area contributed by atoms with Gasteiger partial charge in [0.1, 0.15) is 12.0 Å². The van der Waals surface area contributed by atoms with Crippen molar-refractivity contribution < 1.29 is 27.4 Å². The van der Waals surface area contributed by atoms with Crippen molar-refractivity contribution in [3.63, 3.8) is 0 Å². The Morgan fingerprint density at radius 3 is 2.41 bits per heavy atom. The number of nitrogens with one attached hydrogen (secondary N) is 5. The van der Waals surface area contributed by atoms with E-state index in [2.05, 4.69) is 31.3 Å². The number of hydrogen-bond donors (Lipinski definition) is 5. The molecule has 1 saturated heterocycles. The Hall–Kier alpha value is -2.08. The number of amides is 2. The number of ether oxygens (including phenoxy) is 2. The molecule has 1 aromatic rings. The molecule has 5 N–H and O–H groups in total. The summed E-state index contributed by atoms with van der Waals surface area (Å²) >= 11 is 0. The number of halogens is 3. The van der Waals surface area contributed by atoms with Gasteiger partial charge in [-0.3, -0.25) is 20.7 Å². The van der Waals surface area contributed by atoms with Crippen LogP contribution in [0.5, 0.6) is 5.75 Å². The van der Waals surface area contributed by atoms with E-state index < -0.39 is 18.8 Å². The molecule has 0 bridgehead atoms. The fourth-order valence-electron chi connectivity index (χ4n) is 4.11. The van der Waals surface area contributed by atoms with E-state index in [0.29, 0.717) is 19.4 Å². The molecule has 2 aliphatic rings. The van der Waals surface area contributed by atoms with Crippen LogP contribution in [-0.2, 0) is 11.3 Å². The third-order valence-electron chi connectivity index (χ3n) is 5.71. The van der Waals surface area contributed by atoms with Crippen LogP contribution in [0.25, 0.3) is 0 Å². The molecule has 1 saturated carbocycles. The zero-order valence-corrected chi connectivity index (χ0v) is 18.3. The molecule has 11 heteroatoms. The molecule has 3 rings (SSSR count). The number of carbonyl (C=O) groups is 1. The van der Waals surface area contributed by atoms with Crippen LogP contribution in [0.4, 0.5) is 18.0 Å². The van der Waals surface area contributed by atoms with Gasteiger partial charge in [-0.2, -0.15) is 0 Å². The lowest BCUT2D eigenvalue weighted by atomic mass is 9.93. The van der Waals surface area contributed by atoms with Crippen LogP contribution in [0.1, 0.15) is 44.6 Å². The van der Waals surface area contributed by atoms with E-state index in [1.807, 2.05) is 31.2 Å². The maximum absolute atomic E-state index is 12.4. The van der Waals surface area contributed by atoms with E-state index in [1.54, 1.807) is 7.11 Å². The molecular formula is C21H32F3N5O3. The van der Waals surface area contributed by atoms with E-state index >= 15 is 0 Å². The number of benzene rings is 1. The SMILES string of the molecule is COc1ccc(CNC2CC(C)NC(NC(=O)NC3CCC(OC(F)(F)F)CC3)N2)cc1. The van der Waals surface area contributed by atoms with E-state index in [4.69, 9.17) is 4.74 Å². The van der Waals surface area contributed by atoms with E-state index in [1.165, 1.54) is 0 Å². The third kappa shape index (κ3) is 8.12. The molecule has 1 aliphatic carbocycles. The number of hydrogen-bond acceptors (Lipinski definition) is 6. The lowest BCUT2D eigenvalue weighted by Crippen LogP contribution is -2.68. The highest BCUT2D eigenvalue weighted by molar-refractivity contribution is 5.74. The van der Waals surface area contributed by atoms with Crippen molar-refractivity contribution in [3.05, 3.63) is 29.8 Å². The Kier molecular flexibility index (Phi) is 8.57. The predicted octanol–water partition coefficient (Wildman–Crippen LogP) is 2.51. The summed E-state index contributed by atoms with van der Waals surface area (Å²) in [5.41, 5.74) is 1.12. The highest BCUT2D eigenvalue weighted by Crippen LogP contribution is 2.28. The monoisotopic (exact) mass is 459 g/mol. The average molecular weight is 460 g/mol. The smallest absolute Gasteiger partial charge is 0.497 e. The van der Waals surface area contributed by atoms with Gasteiger partial charge in [0.25, 0.3) is 0 Å². The molecule has 1 aliphatic heterocycles. The van der Waals surface area contributed by atoms with Crippen molar-refractivity contribution in [1.29, 1.82) is 0 Å². The summed E-state index contributed by atoms with van der Waals surface area (Å²) in [7, 11) is 1.63. The van der Waals surface area contributed by atoms with Gasteiger partial charge in [-0.25, -0.2) is 4.79 Å². The number of methoxy groups -OCH3 is 1. The zero-order chi connectivity index (χ0) is 23.1. The molecule has 3 atom stereocenters. The maximum Gasteiger partial charge on any atom is 0.522 e. The average Bonchev–Trinajstić information content (AvgIpc) is 2.72. The highest BCUT2D eigenvalue weighted by Gasteiger charge is 2.35. The Morgan fingerprint density at radius 1 is 1.09 bits per heavy atom. The van der Waals surface area contributed by atoms with Crippen LogP contribution >= 0.6 is 0 Å². The standard InChI is InChI=1S/C21H32F3N5O3/c1-13-11-18(25-12-14-3-7-16(31-2)8-4-14)28-19(26-13)29-20(30)27-15-5-9-17(10-6-15)32-21(22,23)24/h3-4,7-8,13,15,17-19,25-26,28H,5-6,9-12H2,1-2H3,(H2,27,29,30). The molecule has 0 radical (unpaired) electrons. The molecule has 180 valence electrons. The lowest BCUT2D eigenvalue weighted by Gasteiger charge is -2.37. The van der Waals surface area contributed by atoms with E-state index in [0.717, 1.165) is 17.7 Å². The first-order chi connectivity index (χ1) is 15.2. The quantitative estimate of drug-likeness (QED) is 0.430. The Balaban J connectivity index is 1.39.